The topological polar surface area (TPSA) is 71.0 Å². The van der Waals surface area contributed by atoms with Gasteiger partial charge in [-0.05, 0) is 36.8 Å². The molecule has 0 saturated heterocycles. The van der Waals surface area contributed by atoms with Crippen molar-refractivity contribution in [3.8, 4) is 0 Å². The summed E-state index contributed by atoms with van der Waals surface area (Å²) in [6, 6.07) is 14.2. The first kappa shape index (κ1) is 17.5. The summed E-state index contributed by atoms with van der Waals surface area (Å²) in [5.74, 6) is -0.324. The summed E-state index contributed by atoms with van der Waals surface area (Å²) in [6.45, 7) is 1.86. The molecule has 1 N–H and O–H groups in total. The number of nitrogens with one attached hydrogen (secondary N) is 1. The monoisotopic (exact) mass is 383 g/mol. The van der Waals surface area contributed by atoms with Crippen LogP contribution >= 0.6 is 11.6 Å². The Morgan fingerprint density at radius 3 is 2.70 bits per heavy atom. The van der Waals surface area contributed by atoms with E-state index in [2.05, 4.69) is 10.5 Å². The third kappa shape index (κ3) is 3.40. The van der Waals surface area contributed by atoms with Gasteiger partial charge in [-0.25, -0.2) is 0 Å². The van der Waals surface area contributed by atoms with Crippen LogP contribution in [0.4, 0.5) is 11.4 Å². The lowest BCUT2D eigenvalue weighted by molar-refractivity contribution is -0.129. The van der Waals surface area contributed by atoms with Gasteiger partial charge in [0.05, 0.1) is 17.1 Å². The van der Waals surface area contributed by atoms with E-state index >= 15 is 0 Å². The van der Waals surface area contributed by atoms with Crippen LogP contribution in [0.15, 0.2) is 53.7 Å². The zero-order chi connectivity index (χ0) is 19.0. The van der Waals surface area contributed by atoms with Crippen LogP contribution in [0.3, 0.4) is 0 Å². The number of fused-ring (bicyclic) bond motifs is 1. The van der Waals surface area contributed by atoms with Crippen LogP contribution in [-0.4, -0.2) is 29.7 Å². The zero-order valence-corrected chi connectivity index (χ0v) is 15.4. The molecule has 0 radical (unpaired) electrons. The van der Waals surface area contributed by atoms with Gasteiger partial charge in [-0.2, -0.15) is 0 Å². The number of carbonyl (C=O) groups is 2. The normalized spacial score (nSPS) is 21.6. The van der Waals surface area contributed by atoms with E-state index in [1.807, 2.05) is 37.3 Å². The number of rotatable bonds is 2. The molecule has 7 heteroatoms. The molecular formula is C20H18ClN3O3. The maximum atomic E-state index is 13.2. The summed E-state index contributed by atoms with van der Waals surface area (Å²) in [4.78, 5) is 32.4. The molecule has 4 rings (SSSR count). The first-order chi connectivity index (χ1) is 13.0. The molecule has 2 heterocycles. The maximum Gasteiger partial charge on any atom is 0.271 e. The Morgan fingerprint density at radius 1 is 1.19 bits per heavy atom. The molecule has 0 aromatic heterocycles. The molecule has 0 unspecified atom stereocenters. The number of halogens is 1. The van der Waals surface area contributed by atoms with Crippen LogP contribution in [0, 0.1) is 0 Å². The number of hydrogen-bond acceptors (Lipinski definition) is 4. The van der Waals surface area contributed by atoms with Crippen molar-refractivity contribution in [2.24, 2.45) is 5.16 Å². The molecule has 2 aromatic rings. The highest BCUT2D eigenvalue weighted by molar-refractivity contribution is 6.30. The Balaban J connectivity index is 1.58. The Bertz CT molecular complexity index is 926. The van der Waals surface area contributed by atoms with E-state index in [1.54, 1.807) is 23.1 Å². The van der Waals surface area contributed by atoms with Gasteiger partial charge >= 0.3 is 0 Å². The standard InChI is InChI=1S/C20H18ClN3O3/c1-12-10-19(25)22-15-4-2-3-5-17(15)24(12)20(26)18-11-16(23-27-18)13-6-8-14(21)9-7-13/h2-9,12,18H,10-11H2,1H3,(H,22,25)/t12-,18-/m1/s1. The van der Waals surface area contributed by atoms with E-state index < -0.39 is 6.10 Å². The van der Waals surface area contributed by atoms with Crippen LogP contribution in [0.2, 0.25) is 5.02 Å². The van der Waals surface area contributed by atoms with Gasteiger partial charge < -0.3 is 15.1 Å². The SMILES string of the molecule is C[C@@H]1CC(=O)Nc2ccccc2N1C(=O)[C@H]1CC(c2ccc(Cl)cc2)=NO1. The average Bonchev–Trinajstić information content (AvgIpc) is 3.09. The van der Waals surface area contributed by atoms with Crippen molar-refractivity contribution < 1.29 is 14.4 Å². The zero-order valence-electron chi connectivity index (χ0n) is 14.7. The van der Waals surface area contributed by atoms with E-state index in [-0.39, 0.29) is 24.3 Å². The predicted octanol–water partition coefficient (Wildman–Crippen LogP) is 3.60. The molecule has 0 aliphatic carbocycles. The van der Waals surface area contributed by atoms with Gasteiger partial charge in [-0.15, -0.1) is 0 Å². The number of carbonyl (C=O) groups excluding carboxylic acids is 2. The maximum absolute atomic E-state index is 13.2. The molecule has 0 bridgehead atoms. The molecule has 0 saturated carbocycles. The lowest BCUT2D eigenvalue weighted by atomic mass is 10.0. The fourth-order valence-corrected chi connectivity index (χ4v) is 3.53. The van der Waals surface area contributed by atoms with Crippen LogP contribution in [0.1, 0.15) is 25.3 Å². The van der Waals surface area contributed by atoms with Crippen molar-refractivity contribution in [1.82, 2.24) is 0 Å². The van der Waals surface area contributed by atoms with Crippen molar-refractivity contribution in [3.05, 3.63) is 59.1 Å². The lowest BCUT2D eigenvalue weighted by Gasteiger charge is -2.29. The van der Waals surface area contributed by atoms with E-state index in [9.17, 15) is 9.59 Å². The van der Waals surface area contributed by atoms with Gasteiger partial charge in [0, 0.05) is 23.9 Å². The third-order valence-electron chi connectivity index (χ3n) is 4.72. The molecule has 6 nitrogen and oxygen atoms in total. The highest BCUT2D eigenvalue weighted by atomic mass is 35.5. The van der Waals surface area contributed by atoms with Crippen LogP contribution in [0.5, 0.6) is 0 Å². The van der Waals surface area contributed by atoms with E-state index in [4.69, 9.17) is 16.4 Å². The van der Waals surface area contributed by atoms with Gasteiger partial charge in [0.2, 0.25) is 12.0 Å². The molecule has 27 heavy (non-hydrogen) atoms. The van der Waals surface area contributed by atoms with E-state index in [1.165, 1.54) is 0 Å². The van der Waals surface area contributed by atoms with Gasteiger partial charge in [-0.1, -0.05) is 41.0 Å². The van der Waals surface area contributed by atoms with Gasteiger partial charge in [0.25, 0.3) is 5.91 Å². The van der Waals surface area contributed by atoms with Crippen LogP contribution < -0.4 is 10.2 Å². The number of oxime groups is 1. The highest BCUT2D eigenvalue weighted by Crippen LogP contribution is 2.33. The molecule has 138 valence electrons. The Morgan fingerprint density at radius 2 is 1.93 bits per heavy atom. The van der Waals surface area contributed by atoms with Crippen LogP contribution in [-0.2, 0) is 14.4 Å². The molecule has 2 amide bonds. The number of anilines is 2. The highest BCUT2D eigenvalue weighted by Gasteiger charge is 2.37. The largest absolute Gasteiger partial charge is 0.382 e. The molecule has 0 spiro atoms. The minimum Gasteiger partial charge on any atom is -0.382 e. The van der Waals surface area contributed by atoms with E-state index in [0.29, 0.717) is 28.5 Å². The first-order valence-corrected chi connectivity index (χ1v) is 9.11. The van der Waals surface area contributed by atoms with Gasteiger partial charge in [-0.3, -0.25) is 9.59 Å². The Labute approximate surface area is 161 Å². The van der Waals surface area contributed by atoms with Crippen molar-refractivity contribution in [3.63, 3.8) is 0 Å². The average molecular weight is 384 g/mol. The van der Waals surface area contributed by atoms with Crippen molar-refractivity contribution in [2.45, 2.75) is 31.9 Å². The summed E-state index contributed by atoms with van der Waals surface area (Å²) in [5.41, 5.74) is 2.87. The lowest BCUT2D eigenvalue weighted by Crippen LogP contribution is -2.45. The number of hydrogen-bond donors (Lipinski definition) is 1. The second-order valence-electron chi connectivity index (χ2n) is 6.67. The number of nitrogens with zero attached hydrogens (tertiary/aromatic N) is 2. The molecule has 2 atom stereocenters. The molecule has 2 aromatic carbocycles. The number of benzene rings is 2. The second-order valence-corrected chi connectivity index (χ2v) is 7.11. The van der Waals surface area contributed by atoms with Crippen molar-refractivity contribution in [2.75, 3.05) is 10.2 Å². The Hall–Kier alpha value is -2.86. The summed E-state index contributed by atoms with van der Waals surface area (Å²) >= 11 is 5.92. The van der Waals surface area contributed by atoms with Crippen molar-refractivity contribution in [1.29, 1.82) is 0 Å². The quantitative estimate of drug-likeness (QED) is 0.861. The fraction of sp³-hybridized carbons (Fsp3) is 0.250. The predicted molar refractivity (Wildman–Crippen MR) is 104 cm³/mol. The molecule has 2 aliphatic heterocycles. The summed E-state index contributed by atoms with van der Waals surface area (Å²) in [6.07, 6.45) is -0.134. The minimum atomic E-state index is -0.723. The first-order valence-electron chi connectivity index (χ1n) is 8.73. The van der Waals surface area contributed by atoms with Crippen LogP contribution in [0.25, 0.3) is 0 Å². The molecular weight excluding hydrogens is 366 g/mol. The van der Waals surface area contributed by atoms with E-state index in [0.717, 1.165) is 5.56 Å². The van der Waals surface area contributed by atoms with Gasteiger partial charge in [0.15, 0.2) is 0 Å². The molecule has 2 aliphatic rings. The fourth-order valence-electron chi connectivity index (χ4n) is 3.40. The smallest absolute Gasteiger partial charge is 0.271 e. The molecule has 0 fully saturated rings. The van der Waals surface area contributed by atoms with Crippen molar-refractivity contribution >= 4 is 40.5 Å². The minimum absolute atomic E-state index is 0.115. The Kier molecular flexibility index (Phi) is 4.58. The van der Waals surface area contributed by atoms with Gasteiger partial charge in [0.1, 0.15) is 0 Å². The second kappa shape index (κ2) is 7.04. The third-order valence-corrected chi connectivity index (χ3v) is 4.97. The number of amides is 2. The number of para-hydroxylation sites is 2. The summed E-state index contributed by atoms with van der Waals surface area (Å²) in [7, 11) is 0. The summed E-state index contributed by atoms with van der Waals surface area (Å²) < 4.78 is 0. The summed E-state index contributed by atoms with van der Waals surface area (Å²) in [5, 5.41) is 7.59.